The largest absolute Gasteiger partial charge is 0.332 e. The lowest BCUT2D eigenvalue weighted by atomic mass is 10.1. The smallest absolute Gasteiger partial charge is 0.258 e. The zero-order chi connectivity index (χ0) is 15.4. The Morgan fingerprint density at radius 1 is 1.14 bits per heavy atom. The molecule has 0 aliphatic carbocycles. The van der Waals surface area contributed by atoms with Gasteiger partial charge in [0.15, 0.2) is 0 Å². The van der Waals surface area contributed by atoms with Crippen LogP contribution < -0.4 is 0 Å². The molecule has 4 heteroatoms. The maximum atomic E-state index is 14.0. The highest BCUT2D eigenvalue weighted by Gasteiger charge is 2.24. The van der Waals surface area contributed by atoms with Crippen molar-refractivity contribution in [3.63, 3.8) is 0 Å². The third kappa shape index (κ3) is 3.70. The first-order valence-corrected chi connectivity index (χ1v) is 7.59. The Balaban J connectivity index is 2.32. The summed E-state index contributed by atoms with van der Waals surface area (Å²) < 4.78 is 14.5. The molecule has 0 atom stereocenters. The summed E-state index contributed by atoms with van der Waals surface area (Å²) in [7, 11) is 0. The van der Waals surface area contributed by atoms with E-state index in [1.54, 1.807) is 17.0 Å². The van der Waals surface area contributed by atoms with Crippen molar-refractivity contribution in [1.29, 1.82) is 0 Å². The van der Waals surface area contributed by atoms with Crippen molar-refractivity contribution >= 4 is 21.8 Å². The van der Waals surface area contributed by atoms with Crippen LogP contribution >= 0.6 is 15.9 Å². The second-order valence-corrected chi connectivity index (χ2v) is 5.96. The second kappa shape index (κ2) is 6.85. The average Bonchev–Trinajstić information content (AvgIpc) is 2.45. The fourth-order valence-corrected chi connectivity index (χ4v) is 2.63. The minimum Gasteiger partial charge on any atom is -0.332 e. The number of carbonyl (C=O) groups is 1. The zero-order valence-corrected chi connectivity index (χ0v) is 13.6. The van der Waals surface area contributed by atoms with Gasteiger partial charge in [0, 0.05) is 17.1 Å². The van der Waals surface area contributed by atoms with Gasteiger partial charge in [-0.1, -0.05) is 36.4 Å². The Morgan fingerprint density at radius 3 is 2.38 bits per heavy atom. The summed E-state index contributed by atoms with van der Waals surface area (Å²) in [6, 6.07) is 14.2. The SMILES string of the molecule is CC(C)N(Cc1ccccc1)C(=O)c1c(F)cccc1Br. The molecule has 0 unspecified atom stereocenters. The van der Waals surface area contributed by atoms with Crippen molar-refractivity contribution in [3.8, 4) is 0 Å². The van der Waals surface area contributed by atoms with Crippen LogP contribution in [0.3, 0.4) is 0 Å². The molecule has 0 saturated carbocycles. The number of carbonyl (C=O) groups excluding carboxylic acids is 1. The molecule has 0 heterocycles. The van der Waals surface area contributed by atoms with E-state index in [0.29, 0.717) is 11.0 Å². The molecule has 2 rings (SSSR count). The van der Waals surface area contributed by atoms with Crippen LogP contribution in [0.4, 0.5) is 4.39 Å². The first-order valence-electron chi connectivity index (χ1n) is 6.79. The molecule has 0 fully saturated rings. The number of amides is 1. The number of rotatable bonds is 4. The van der Waals surface area contributed by atoms with E-state index in [2.05, 4.69) is 15.9 Å². The monoisotopic (exact) mass is 349 g/mol. The minimum absolute atomic E-state index is 0.0239. The topological polar surface area (TPSA) is 20.3 Å². The molecular formula is C17H17BrFNO. The van der Waals surface area contributed by atoms with Crippen LogP contribution in [-0.4, -0.2) is 16.8 Å². The summed E-state index contributed by atoms with van der Waals surface area (Å²) in [6.45, 7) is 4.31. The van der Waals surface area contributed by atoms with E-state index in [0.717, 1.165) is 5.56 Å². The van der Waals surface area contributed by atoms with Gasteiger partial charge in [-0.2, -0.15) is 0 Å². The fourth-order valence-electron chi connectivity index (χ4n) is 2.11. The van der Waals surface area contributed by atoms with Crippen molar-refractivity contribution in [1.82, 2.24) is 4.90 Å². The highest BCUT2D eigenvalue weighted by atomic mass is 79.9. The van der Waals surface area contributed by atoms with Gasteiger partial charge in [-0.25, -0.2) is 4.39 Å². The third-order valence-electron chi connectivity index (χ3n) is 3.26. The van der Waals surface area contributed by atoms with E-state index in [-0.39, 0.29) is 17.5 Å². The van der Waals surface area contributed by atoms with Gasteiger partial charge in [0.25, 0.3) is 5.91 Å². The van der Waals surface area contributed by atoms with Gasteiger partial charge in [0.2, 0.25) is 0 Å². The molecule has 21 heavy (non-hydrogen) atoms. The van der Waals surface area contributed by atoms with E-state index in [4.69, 9.17) is 0 Å². The summed E-state index contributed by atoms with van der Waals surface area (Å²) in [4.78, 5) is 14.4. The lowest BCUT2D eigenvalue weighted by molar-refractivity contribution is 0.0684. The standard InChI is InChI=1S/C17H17BrFNO/c1-12(2)20(11-13-7-4-3-5-8-13)17(21)16-14(18)9-6-10-15(16)19/h3-10,12H,11H2,1-2H3. The molecule has 0 bridgehead atoms. The first kappa shape index (κ1) is 15.7. The Hall–Kier alpha value is -1.68. The van der Waals surface area contributed by atoms with E-state index in [1.807, 2.05) is 44.2 Å². The Kier molecular flexibility index (Phi) is 5.12. The number of halogens is 2. The van der Waals surface area contributed by atoms with Crippen molar-refractivity contribution < 1.29 is 9.18 Å². The minimum atomic E-state index is -0.506. The Bertz CT molecular complexity index is 608. The fraction of sp³-hybridized carbons (Fsp3) is 0.235. The van der Waals surface area contributed by atoms with Crippen molar-refractivity contribution in [2.45, 2.75) is 26.4 Å². The summed E-state index contributed by atoms with van der Waals surface area (Å²) in [5, 5.41) is 0. The summed E-state index contributed by atoms with van der Waals surface area (Å²) >= 11 is 3.26. The molecule has 2 aromatic rings. The van der Waals surface area contributed by atoms with Crippen molar-refractivity contribution in [2.75, 3.05) is 0 Å². The van der Waals surface area contributed by atoms with Crippen LogP contribution in [0.1, 0.15) is 29.8 Å². The van der Waals surface area contributed by atoms with Gasteiger partial charge in [-0.3, -0.25) is 4.79 Å². The van der Waals surface area contributed by atoms with Crippen LogP contribution in [0.5, 0.6) is 0 Å². The molecule has 0 N–H and O–H groups in total. The predicted octanol–water partition coefficient (Wildman–Crippen LogP) is 4.64. The molecule has 0 saturated heterocycles. The normalized spacial score (nSPS) is 10.7. The molecular weight excluding hydrogens is 333 g/mol. The highest BCUT2D eigenvalue weighted by molar-refractivity contribution is 9.10. The summed E-state index contributed by atoms with van der Waals surface area (Å²) in [5.74, 6) is -0.813. The number of nitrogens with zero attached hydrogens (tertiary/aromatic N) is 1. The number of hydrogen-bond donors (Lipinski definition) is 0. The van der Waals surface area contributed by atoms with Crippen LogP contribution in [-0.2, 0) is 6.54 Å². The summed E-state index contributed by atoms with van der Waals surface area (Å²) in [5.41, 5.74) is 1.11. The van der Waals surface area contributed by atoms with Crippen LogP contribution in [0.2, 0.25) is 0 Å². The van der Waals surface area contributed by atoms with Gasteiger partial charge in [-0.05, 0) is 47.5 Å². The highest BCUT2D eigenvalue weighted by Crippen LogP contribution is 2.23. The van der Waals surface area contributed by atoms with Crippen LogP contribution in [0.15, 0.2) is 53.0 Å². The van der Waals surface area contributed by atoms with E-state index in [1.165, 1.54) is 6.07 Å². The maximum Gasteiger partial charge on any atom is 0.258 e. The molecule has 0 spiro atoms. The number of benzene rings is 2. The first-order chi connectivity index (χ1) is 10.0. The molecule has 0 aliphatic heterocycles. The summed E-state index contributed by atoms with van der Waals surface area (Å²) in [6.07, 6.45) is 0. The molecule has 0 aromatic heterocycles. The molecule has 2 nitrogen and oxygen atoms in total. The second-order valence-electron chi connectivity index (χ2n) is 5.11. The van der Waals surface area contributed by atoms with Gasteiger partial charge in [-0.15, -0.1) is 0 Å². The van der Waals surface area contributed by atoms with E-state index in [9.17, 15) is 9.18 Å². The van der Waals surface area contributed by atoms with Gasteiger partial charge < -0.3 is 4.90 Å². The maximum absolute atomic E-state index is 14.0. The number of hydrogen-bond acceptors (Lipinski definition) is 1. The van der Waals surface area contributed by atoms with Crippen molar-refractivity contribution in [2.24, 2.45) is 0 Å². The van der Waals surface area contributed by atoms with Crippen molar-refractivity contribution in [3.05, 3.63) is 69.9 Å². The zero-order valence-electron chi connectivity index (χ0n) is 12.0. The lowest BCUT2D eigenvalue weighted by Gasteiger charge is -2.27. The molecule has 0 radical (unpaired) electrons. The Morgan fingerprint density at radius 2 is 1.81 bits per heavy atom. The van der Waals surface area contributed by atoms with E-state index < -0.39 is 5.82 Å². The molecule has 110 valence electrons. The van der Waals surface area contributed by atoms with Gasteiger partial charge in [0.1, 0.15) is 5.82 Å². The van der Waals surface area contributed by atoms with Crippen LogP contribution in [0.25, 0.3) is 0 Å². The molecule has 2 aromatic carbocycles. The van der Waals surface area contributed by atoms with Crippen LogP contribution in [0, 0.1) is 5.82 Å². The molecule has 1 amide bonds. The van der Waals surface area contributed by atoms with E-state index >= 15 is 0 Å². The predicted molar refractivity (Wildman–Crippen MR) is 85.6 cm³/mol. The quantitative estimate of drug-likeness (QED) is 0.787. The van der Waals surface area contributed by atoms with Gasteiger partial charge >= 0.3 is 0 Å². The Labute approximate surface area is 132 Å². The third-order valence-corrected chi connectivity index (χ3v) is 3.92. The van der Waals surface area contributed by atoms with Gasteiger partial charge in [0.05, 0.1) is 5.56 Å². The average molecular weight is 350 g/mol. The molecule has 0 aliphatic rings. The lowest BCUT2D eigenvalue weighted by Crippen LogP contribution is -2.37.